The second kappa shape index (κ2) is 8.16. The van der Waals surface area contributed by atoms with Crippen LogP contribution in [0.2, 0.25) is 0 Å². The fourth-order valence-corrected chi connectivity index (χ4v) is 2.53. The van der Waals surface area contributed by atoms with Gasteiger partial charge in [-0.2, -0.15) is 0 Å². The minimum atomic E-state index is -0.603. The quantitative estimate of drug-likeness (QED) is 0.481. The Morgan fingerprint density at radius 2 is 1.65 bits per heavy atom. The molecule has 3 aromatic carbocycles. The zero-order valence-corrected chi connectivity index (χ0v) is 14.3. The first kappa shape index (κ1) is 17.5. The lowest BCUT2D eigenvalue weighted by atomic mass is 10.1. The summed E-state index contributed by atoms with van der Waals surface area (Å²) in [5, 5.41) is 1.93. The highest BCUT2D eigenvalue weighted by Gasteiger charge is 2.12. The molecule has 0 aliphatic heterocycles. The third kappa shape index (κ3) is 4.19. The molecule has 0 saturated carbocycles. The smallest absolute Gasteiger partial charge is 0.344 e. The van der Waals surface area contributed by atoms with Gasteiger partial charge in [0.15, 0.2) is 19.0 Å². The lowest BCUT2D eigenvalue weighted by molar-refractivity contribution is -0.144. The minimum absolute atomic E-state index is 0.264. The fourth-order valence-electron chi connectivity index (χ4n) is 2.53. The molecule has 3 rings (SSSR count). The molecule has 0 aliphatic carbocycles. The van der Waals surface area contributed by atoms with Crippen LogP contribution >= 0.6 is 0 Å². The van der Waals surface area contributed by atoms with E-state index in [1.165, 1.54) is 7.11 Å². The maximum absolute atomic E-state index is 12.1. The van der Waals surface area contributed by atoms with Crippen LogP contribution in [0, 0.1) is 0 Å². The van der Waals surface area contributed by atoms with Gasteiger partial charge in [-0.3, -0.25) is 4.79 Å². The maximum atomic E-state index is 12.1. The molecule has 0 saturated heterocycles. The Hall–Kier alpha value is -3.34. The van der Waals surface area contributed by atoms with Gasteiger partial charge >= 0.3 is 5.97 Å². The Morgan fingerprint density at radius 1 is 0.885 bits per heavy atom. The standard InChI is InChI=1S/C21H18O5/c1-24-17-9-4-8-16(12-17)19(22)13-26-21(23)14-25-20-11-5-7-15-6-2-3-10-18(15)20/h2-12H,13-14H2,1H3. The minimum Gasteiger partial charge on any atom is -0.497 e. The van der Waals surface area contributed by atoms with Gasteiger partial charge in [0.1, 0.15) is 11.5 Å². The molecule has 5 heteroatoms. The van der Waals surface area contributed by atoms with Crippen LogP contribution in [0.5, 0.6) is 11.5 Å². The number of carbonyl (C=O) groups is 2. The van der Waals surface area contributed by atoms with Crippen LogP contribution < -0.4 is 9.47 Å². The summed E-state index contributed by atoms with van der Waals surface area (Å²) < 4.78 is 15.6. The summed E-state index contributed by atoms with van der Waals surface area (Å²) in [4.78, 5) is 24.0. The molecule has 0 fully saturated rings. The second-order valence-corrected chi connectivity index (χ2v) is 5.58. The SMILES string of the molecule is COc1cccc(C(=O)COC(=O)COc2cccc3ccccc23)c1. The fraction of sp³-hybridized carbons (Fsp3) is 0.143. The van der Waals surface area contributed by atoms with E-state index in [2.05, 4.69) is 0 Å². The van der Waals surface area contributed by atoms with Gasteiger partial charge in [-0.1, -0.05) is 48.5 Å². The van der Waals surface area contributed by atoms with Gasteiger partial charge in [0.25, 0.3) is 0 Å². The molecule has 0 N–H and O–H groups in total. The Kier molecular flexibility index (Phi) is 5.49. The number of ketones is 1. The lowest BCUT2D eigenvalue weighted by Gasteiger charge is -2.09. The molecule has 0 aromatic heterocycles. The van der Waals surface area contributed by atoms with Crippen molar-refractivity contribution in [2.75, 3.05) is 20.3 Å². The number of ether oxygens (including phenoxy) is 3. The number of fused-ring (bicyclic) bond motifs is 1. The average Bonchev–Trinajstić information content (AvgIpc) is 2.70. The molecule has 26 heavy (non-hydrogen) atoms. The summed E-state index contributed by atoms with van der Waals surface area (Å²) in [5.41, 5.74) is 0.423. The van der Waals surface area contributed by atoms with E-state index in [4.69, 9.17) is 14.2 Å². The topological polar surface area (TPSA) is 61.8 Å². The summed E-state index contributed by atoms with van der Waals surface area (Å²) in [7, 11) is 1.52. The van der Waals surface area contributed by atoms with Crippen molar-refractivity contribution in [3.05, 3.63) is 72.3 Å². The molecule has 3 aromatic rings. The van der Waals surface area contributed by atoms with Crippen molar-refractivity contribution < 1.29 is 23.8 Å². The normalized spacial score (nSPS) is 10.3. The van der Waals surface area contributed by atoms with E-state index in [9.17, 15) is 9.59 Å². The van der Waals surface area contributed by atoms with E-state index in [1.807, 2.05) is 36.4 Å². The molecule has 0 atom stereocenters. The first-order chi connectivity index (χ1) is 12.7. The van der Waals surface area contributed by atoms with Gasteiger partial charge in [-0.25, -0.2) is 4.79 Å². The van der Waals surface area contributed by atoms with Crippen molar-refractivity contribution in [3.63, 3.8) is 0 Å². The van der Waals surface area contributed by atoms with E-state index in [0.29, 0.717) is 17.1 Å². The zero-order valence-electron chi connectivity index (χ0n) is 14.3. The first-order valence-electron chi connectivity index (χ1n) is 8.11. The molecule has 0 spiro atoms. The van der Waals surface area contributed by atoms with Gasteiger partial charge in [-0.15, -0.1) is 0 Å². The van der Waals surface area contributed by atoms with Gasteiger partial charge in [-0.05, 0) is 23.6 Å². The molecule has 132 valence electrons. The number of hydrogen-bond acceptors (Lipinski definition) is 5. The monoisotopic (exact) mass is 350 g/mol. The van der Waals surface area contributed by atoms with Gasteiger partial charge in [0.2, 0.25) is 0 Å². The van der Waals surface area contributed by atoms with Crippen molar-refractivity contribution in [2.24, 2.45) is 0 Å². The summed E-state index contributed by atoms with van der Waals surface area (Å²) in [6.07, 6.45) is 0. The number of methoxy groups -OCH3 is 1. The van der Waals surface area contributed by atoms with Crippen LogP contribution in [0.3, 0.4) is 0 Å². The highest BCUT2D eigenvalue weighted by molar-refractivity contribution is 5.98. The third-order valence-corrected chi connectivity index (χ3v) is 3.85. The number of carbonyl (C=O) groups excluding carboxylic acids is 2. The van der Waals surface area contributed by atoms with Crippen molar-refractivity contribution in [2.45, 2.75) is 0 Å². The van der Waals surface area contributed by atoms with Crippen LogP contribution in [0.4, 0.5) is 0 Å². The van der Waals surface area contributed by atoms with E-state index >= 15 is 0 Å². The number of benzene rings is 3. The van der Waals surface area contributed by atoms with Crippen molar-refractivity contribution in [1.29, 1.82) is 0 Å². The molecule has 0 radical (unpaired) electrons. The molecule has 5 nitrogen and oxygen atoms in total. The molecular weight excluding hydrogens is 332 g/mol. The summed E-state index contributed by atoms with van der Waals surface area (Å²) in [5.74, 6) is 0.261. The number of Topliss-reactive ketones (excluding diaryl/α,β-unsaturated/α-hetero) is 1. The third-order valence-electron chi connectivity index (χ3n) is 3.85. The van der Waals surface area contributed by atoms with Gasteiger partial charge < -0.3 is 14.2 Å². The first-order valence-corrected chi connectivity index (χ1v) is 8.11. The van der Waals surface area contributed by atoms with Gasteiger partial charge in [0.05, 0.1) is 7.11 Å². The molecule has 0 bridgehead atoms. The lowest BCUT2D eigenvalue weighted by Crippen LogP contribution is -2.19. The predicted octanol–water partition coefficient (Wildman–Crippen LogP) is 3.65. The summed E-state index contributed by atoms with van der Waals surface area (Å²) in [6, 6.07) is 20.0. The average molecular weight is 350 g/mol. The van der Waals surface area contributed by atoms with Crippen LogP contribution in [0.25, 0.3) is 10.8 Å². The molecule has 0 amide bonds. The van der Waals surface area contributed by atoms with E-state index < -0.39 is 5.97 Å². The Labute approximate surface area is 151 Å². The largest absolute Gasteiger partial charge is 0.497 e. The number of esters is 1. The Bertz CT molecular complexity index is 927. The van der Waals surface area contributed by atoms with Crippen molar-refractivity contribution in [3.8, 4) is 11.5 Å². The van der Waals surface area contributed by atoms with Crippen molar-refractivity contribution >= 4 is 22.5 Å². The Morgan fingerprint density at radius 3 is 2.50 bits per heavy atom. The molecule has 0 unspecified atom stereocenters. The summed E-state index contributed by atoms with van der Waals surface area (Å²) in [6.45, 7) is -0.607. The molecule has 0 heterocycles. The van der Waals surface area contributed by atoms with Crippen LogP contribution in [-0.4, -0.2) is 32.1 Å². The van der Waals surface area contributed by atoms with E-state index in [1.54, 1.807) is 30.3 Å². The second-order valence-electron chi connectivity index (χ2n) is 5.58. The number of rotatable bonds is 7. The highest BCUT2D eigenvalue weighted by Crippen LogP contribution is 2.25. The highest BCUT2D eigenvalue weighted by atomic mass is 16.6. The van der Waals surface area contributed by atoms with E-state index in [0.717, 1.165) is 10.8 Å². The number of hydrogen-bond donors (Lipinski definition) is 0. The van der Waals surface area contributed by atoms with Gasteiger partial charge in [0, 0.05) is 10.9 Å². The van der Waals surface area contributed by atoms with Crippen LogP contribution in [-0.2, 0) is 9.53 Å². The predicted molar refractivity (Wildman–Crippen MR) is 97.7 cm³/mol. The van der Waals surface area contributed by atoms with E-state index in [-0.39, 0.29) is 19.0 Å². The maximum Gasteiger partial charge on any atom is 0.344 e. The zero-order chi connectivity index (χ0) is 18.4. The van der Waals surface area contributed by atoms with Crippen LogP contribution in [0.15, 0.2) is 66.7 Å². The summed E-state index contributed by atoms with van der Waals surface area (Å²) >= 11 is 0. The van der Waals surface area contributed by atoms with Crippen LogP contribution in [0.1, 0.15) is 10.4 Å². The van der Waals surface area contributed by atoms with Crippen molar-refractivity contribution in [1.82, 2.24) is 0 Å². The molecule has 0 aliphatic rings. The molecular formula is C21H18O5. The Balaban J connectivity index is 1.55.